The van der Waals surface area contributed by atoms with Crippen LogP contribution < -0.4 is 20.5 Å². The number of methoxy groups -OCH3 is 3. The van der Waals surface area contributed by atoms with Crippen LogP contribution in [0.3, 0.4) is 0 Å². The Bertz CT molecular complexity index is 565. The zero-order chi connectivity index (χ0) is 18.1. The number of benzene rings is 1. The average molecular weight is 350 g/mol. The molecule has 0 spiro atoms. The highest BCUT2D eigenvalue weighted by atomic mass is 16.5. The smallest absolute Gasteiger partial charge is 0.188 e. The van der Waals surface area contributed by atoms with E-state index in [2.05, 4.69) is 15.2 Å². The fourth-order valence-corrected chi connectivity index (χ4v) is 3.06. The summed E-state index contributed by atoms with van der Waals surface area (Å²) >= 11 is 0. The summed E-state index contributed by atoms with van der Waals surface area (Å²) in [5.74, 6) is 1.87. The molecule has 1 atom stereocenters. The summed E-state index contributed by atoms with van der Waals surface area (Å²) in [5, 5.41) is 3.24. The van der Waals surface area contributed by atoms with Gasteiger partial charge in [0, 0.05) is 26.2 Å². The average Bonchev–Trinajstić information content (AvgIpc) is 3.09. The van der Waals surface area contributed by atoms with Gasteiger partial charge in [-0.3, -0.25) is 4.90 Å². The van der Waals surface area contributed by atoms with Gasteiger partial charge in [-0.1, -0.05) is 6.07 Å². The molecule has 140 valence electrons. The van der Waals surface area contributed by atoms with Gasteiger partial charge < -0.3 is 25.3 Å². The monoisotopic (exact) mass is 350 g/mol. The third-order valence-electron chi connectivity index (χ3n) is 4.48. The van der Waals surface area contributed by atoms with Crippen LogP contribution >= 0.6 is 0 Å². The van der Waals surface area contributed by atoms with Crippen LogP contribution in [0.2, 0.25) is 0 Å². The Kier molecular flexibility index (Phi) is 7.81. The van der Waals surface area contributed by atoms with E-state index >= 15 is 0 Å². The van der Waals surface area contributed by atoms with Crippen LogP contribution in [0.4, 0.5) is 0 Å². The van der Waals surface area contributed by atoms with Crippen LogP contribution in [-0.4, -0.2) is 64.5 Å². The van der Waals surface area contributed by atoms with Gasteiger partial charge >= 0.3 is 0 Å². The molecule has 1 aliphatic heterocycles. The normalized spacial score (nSPS) is 18.4. The van der Waals surface area contributed by atoms with Gasteiger partial charge in [0.2, 0.25) is 0 Å². The lowest BCUT2D eigenvalue weighted by Crippen LogP contribution is -2.43. The largest absolute Gasteiger partial charge is 0.493 e. The van der Waals surface area contributed by atoms with E-state index in [1.54, 1.807) is 21.3 Å². The number of hydrogen-bond acceptors (Lipinski definition) is 5. The first kappa shape index (κ1) is 19.3. The number of rotatable bonds is 9. The van der Waals surface area contributed by atoms with Crippen molar-refractivity contribution >= 4 is 5.96 Å². The summed E-state index contributed by atoms with van der Waals surface area (Å²) in [6.07, 6.45) is 2.40. The summed E-state index contributed by atoms with van der Waals surface area (Å²) in [7, 11) is 4.98. The van der Waals surface area contributed by atoms with E-state index in [-0.39, 0.29) is 0 Å². The van der Waals surface area contributed by atoms with Crippen molar-refractivity contribution in [3.63, 3.8) is 0 Å². The Morgan fingerprint density at radius 2 is 2.08 bits per heavy atom. The van der Waals surface area contributed by atoms with E-state index in [0.29, 0.717) is 30.0 Å². The third-order valence-corrected chi connectivity index (χ3v) is 4.48. The predicted octanol–water partition coefficient (Wildman–Crippen LogP) is 1.22. The van der Waals surface area contributed by atoms with Crippen LogP contribution in [0, 0.1) is 0 Å². The number of nitrogens with two attached hydrogens (primary N) is 1. The van der Waals surface area contributed by atoms with Gasteiger partial charge in [-0.05, 0) is 37.1 Å². The van der Waals surface area contributed by atoms with Crippen LogP contribution in [0.5, 0.6) is 11.5 Å². The molecule has 1 saturated heterocycles. The van der Waals surface area contributed by atoms with Crippen LogP contribution in [0.1, 0.15) is 18.4 Å². The van der Waals surface area contributed by atoms with Crippen molar-refractivity contribution in [2.75, 3.05) is 47.6 Å². The number of hydrogen-bond donors (Lipinski definition) is 2. The molecule has 0 amide bonds. The van der Waals surface area contributed by atoms with Crippen molar-refractivity contribution in [2.24, 2.45) is 10.7 Å². The van der Waals surface area contributed by atoms with Gasteiger partial charge in [0.1, 0.15) is 0 Å². The van der Waals surface area contributed by atoms with Gasteiger partial charge in [0.15, 0.2) is 17.5 Å². The van der Waals surface area contributed by atoms with Gasteiger partial charge in [0.05, 0.1) is 27.4 Å². The van der Waals surface area contributed by atoms with Gasteiger partial charge in [-0.2, -0.15) is 0 Å². The molecule has 1 aromatic carbocycles. The third kappa shape index (κ3) is 5.79. The molecular formula is C18H30N4O3. The fourth-order valence-electron chi connectivity index (χ4n) is 3.06. The number of ether oxygens (including phenoxy) is 3. The molecule has 1 fully saturated rings. The standard InChI is InChI=1S/C18H30N4O3/c1-23-10-9-22-8-4-5-15(22)13-21-18(19)20-12-14-6-7-16(24-2)17(11-14)25-3/h6-7,11,15H,4-5,8-10,12-13H2,1-3H3,(H3,19,20,21). The minimum atomic E-state index is 0.466. The molecule has 1 aromatic rings. The molecule has 0 bridgehead atoms. The summed E-state index contributed by atoms with van der Waals surface area (Å²) in [6.45, 7) is 4.16. The maximum Gasteiger partial charge on any atom is 0.188 e. The molecule has 3 N–H and O–H groups in total. The first-order valence-electron chi connectivity index (χ1n) is 8.65. The maximum absolute atomic E-state index is 6.01. The second kappa shape index (κ2) is 10.1. The molecule has 2 rings (SSSR count). The van der Waals surface area contributed by atoms with Crippen molar-refractivity contribution < 1.29 is 14.2 Å². The number of aliphatic imine (C=N–C) groups is 1. The summed E-state index contributed by atoms with van der Waals surface area (Å²) in [6, 6.07) is 6.24. The first-order chi connectivity index (χ1) is 12.2. The van der Waals surface area contributed by atoms with Crippen LogP contribution in [-0.2, 0) is 11.3 Å². The molecule has 0 aliphatic carbocycles. The zero-order valence-electron chi connectivity index (χ0n) is 15.5. The lowest BCUT2D eigenvalue weighted by Gasteiger charge is -2.24. The van der Waals surface area contributed by atoms with Crippen molar-refractivity contribution in [2.45, 2.75) is 25.4 Å². The number of nitrogens with zero attached hydrogens (tertiary/aromatic N) is 2. The lowest BCUT2D eigenvalue weighted by molar-refractivity contribution is 0.141. The summed E-state index contributed by atoms with van der Waals surface area (Å²) < 4.78 is 15.7. The lowest BCUT2D eigenvalue weighted by atomic mass is 10.2. The molecule has 1 unspecified atom stereocenters. The highest BCUT2D eigenvalue weighted by molar-refractivity contribution is 5.77. The zero-order valence-corrected chi connectivity index (χ0v) is 15.5. The Balaban J connectivity index is 1.83. The van der Waals surface area contributed by atoms with E-state index in [1.807, 2.05) is 18.2 Å². The molecule has 0 aromatic heterocycles. The molecule has 7 heteroatoms. The topological polar surface area (TPSA) is 81.3 Å². The molecule has 7 nitrogen and oxygen atoms in total. The maximum atomic E-state index is 6.01. The van der Waals surface area contributed by atoms with Crippen LogP contribution in [0.25, 0.3) is 0 Å². The van der Waals surface area contributed by atoms with Crippen molar-refractivity contribution in [1.29, 1.82) is 0 Å². The Hall–Kier alpha value is -1.99. The Labute approximate surface area is 150 Å². The second-order valence-corrected chi connectivity index (χ2v) is 6.10. The Morgan fingerprint density at radius 3 is 2.80 bits per heavy atom. The van der Waals surface area contributed by atoms with Crippen molar-refractivity contribution in [1.82, 2.24) is 10.2 Å². The van der Waals surface area contributed by atoms with Crippen molar-refractivity contribution in [3.8, 4) is 11.5 Å². The van der Waals surface area contributed by atoms with Crippen molar-refractivity contribution in [3.05, 3.63) is 23.8 Å². The fraction of sp³-hybridized carbons (Fsp3) is 0.611. The molecule has 0 saturated carbocycles. The van der Waals surface area contributed by atoms with E-state index in [0.717, 1.165) is 31.8 Å². The van der Waals surface area contributed by atoms with Crippen LogP contribution in [0.15, 0.2) is 23.2 Å². The minimum absolute atomic E-state index is 0.466. The van der Waals surface area contributed by atoms with E-state index in [4.69, 9.17) is 19.9 Å². The number of likely N-dealkylation sites (tertiary alicyclic amines) is 1. The van der Waals surface area contributed by atoms with E-state index in [1.165, 1.54) is 12.8 Å². The molecule has 1 aliphatic rings. The number of nitrogens with one attached hydrogen (secondary N) is 1. The molecule has 1 heterocycles. The van der Waals surface area contributed by atoms with Gasteiger partial charge in [-0.25, -0.2) is 4.99 Å². The van der Waals surface area contributed by atoms with Gasteiger partial charge in [-0.15, -0.1) is 0 Å². The molecule has 0 radical (unpaired) electrons. The molecular weight excluding hydrogens is 320 g/mol. The highest BCUT2D eigenvalue weighted by Gasteiger charge is 2.23. The predicted molar refractivity (Wildman–Crippen MR) is 99.3 cm³/mol. The highest BCUT2D eigenvalue weighted by Crippen LogP contribution is 2.27. The molecule has 25 heavy (non-hydrogen) atoms. The minimum Gasteiger partial charge on any atom is -0.493 e. The first-order valence-corrected chi connectivity index (χ1v) is 8.65. The Morgan fingerprint density at radius 1 is 1.28 bits per heavy atom. The second-order valence-electron chi connectivity index (χ2n) is 6.10. The van der Waals surface area contributed by atoms with E-state index < -0.39 is 0 Å². The van der Waals surface area contributed by atoms with Gasteiger partial charge in [0.25, 0.3) is 0 Å². The summed E-state index contributed by atoms with van der Waals surface area (Å²) in [5.41, 5.74) is 7.03. The van der Waals surface area contributed by atoms with E-state index in [9.17, 15) is 0 Å². The number of guanidine groups is 1. The summed E-state index contributed by atoms with van der Waals surface area (Å²) in [4.78, 5) is 6.86. The SMILES string of the molecule is COCCN1CCCC1CNC(N)=NCc1ccc(OC)c(OC)c1. The quantitative estimate of drug-likeness (QED) is 0.515.